The molecule has 0 radical (unpaired) electrons. The van der Waals surface area contributed by atoms with Crippen LogP contribution in [0.1, 0.15) is 24.1 Å². The Balaban J connectivity index is 0.00000261. The summed E-state index contributed by atoms with van der Waals surface area (Å²) in [5.74, 6) is -0.0237. The molecule has 6 nitrogen and oxygen atoms in total. The summed E-state index contributed by atoms with van der Waals surface area (Å²) in [4.78, 5) is 0.179. The van der Waals surface area contributed by atoms with Gasteiger partial charge in [0.05, 0.1) is 15.5 Å². The zero-order chi connectivity index (χ0) is 18.8. The van der Waals surface area contributed by atoms with Crippen molar-refractivity contribution in [2.75, 3.05) is 18.8 Å². The summed E-state index contributed by atoms with van der Waals surface area (Å²) in [6, 6.07) is 13.2. The van der Waals surface area contributed by atoms with Gasteiger partial charge < -0.3 is 5.32 Å². The molecule has 1 heterocycles. The first-order valence-electron chi connectivity index (χ1n) is 8.47. The summed E-state index contributed by atoms with van der Waals surface area (Å²) in [5.41, 5.74) is 2.33. The lowest BCUT2D eigenvalue weighted by molar-refractivity contribution is 0.491. The minimum absolute atomic E-state index is 0. The highest BCUT2D eigenvalue weighted by Crippen LogP contribution is 2.22. The van der Waals surface area contributed by atoms with Gasteiger partial charge in [-0.3, -0.25) is 0 Å². The molecule has 2 N–H and O–H groups in total. The predicted molar refractivity (Wildman–Crippen MR) is 107 cm³/mol. The van der Waals surface area contributed by atoms with Crippen LogP contribution in [0.25, 0.3) is 0 Å². The molecule has 3 rings (SSSR count). The van der Waals surface area contributed by atoms with Crippen LogP contribution in [0.15, 0.2) is 58.3 Å². The van der Waals surface area contributed by atoms with Crippen LogP contribution in [0.4, 0.5) is 0 Å². The first-order valence-corrected chi connectivity index (χ1v) is 11.6. The Bertz CT molecular complexity index is 990. The van der Waals surface area contributed by atoms with Gasteiger partial charge in [0.25, 0.3) is 0 Å². The standard InChI is InChI=1S/C18H22N2O4S2.ClH/c1-2-25(21,22)15-7-9-16(10-8-15)26(23,24)20-13-18-17-6-4-3-5-14(17)11-12-19-18;/h3-10,18-20H,2,11-13H2,1H3;1H. The smallest absolute Gasteiger partial charge is 0.240 e. The van der Waals surface area contributed by atoms with Gasteiger partial charge in [0.1, 0.15) is 0 Å². The maximum Gasteiger partial charge on any atom is 0.240 e. The Hall–Kier alpha value is -1.45. The topological polar surface area (TPSA) is 92.3 Å². The van der Waals surface area contributed by atoms with Crippen molar-refractivity contribution in [3.63, 3.8) is 0 Å². The highest BCUT2D eigenvalue weighted by atomic mass is 35.5. The van der Waals surface area contributed by atoms with Crippen LogP contribution in [-0.4, -0.2) is 35.7 Å². The van der Waals surface area contributed by atoms with Crippen molar-refractivity contribution in [1.82, 2.24) is 10.0 Å². The first-order chi connectivity index (χ1) is 12.3. The predicted octanol–water partition coefficient (Wildman–Crippen LogP) is 2.07. The quantitative estimate of drug-likeness (QED) is 0.731. The summed E-state index contributed by atoms with van der Waals surface area (Å²) in [7, 11) is -7.06. The van der Waals surface area contributed by atoms with Crippen LogP contribution >= 0.6 is 12.4 Å². The fourth-order valence-corrected chi connectivity index (χ4v) is 4.98. The van der Waals surface area contributed by atoms with E-state index < -0.39 is 19.9 Å². The molecule has 0 saturated heterocycles. The molecule has 148 valence electrons. The van der Waals surface area contributed by atoms with Gasteiger partial charge in [-0.15, -0.1) is 12.4 Å². The van der Waals surface area contributed by atoms with Gasteiger partial charge in [-0.1, -0.05) is 31.2 Å². The molecule has 1 aliphatic heterocycles. The third-order valence-corrected chi connectivity index (χ3v) is 7.76. The zero-order valence-electron chi connectivity index (χ0n) is 14.9. The van der Waals surface area contributed by atoms with E-state index in [1.54, 1.807) is 6.92 Å². The van der Waals surface area contributed by atoms with Crippen molar-refractivity contribution in [2.24, 2.45) is 0 Å². The Morgan fingerprint density at radius 2 is 1.63 bits per heavy atom. The molecule has 1 atom stereocenters. The fourth-order valence-electron chi connectivity index (χ4n) is 3.04. The molecule has 1 unspecified atom stereocenters. The van der Waals surface area contributed by atoms with Crippen LogP contribution in [0.5, 0.6) is 0 Å². The van der Waals surface area contributed by atoms with Gasteiger partial charge >= 0.3 is 0 Å². The molecule has 0 spiro atoms. The van der Waals surface area contributed by atoms with Crippen LogP contribution in [0.2, 0.25) is 0 Å². The Morgan fingerprint density at radius 1 is 1.00 bits per heavy atom. The summed E-state index contributed by atoms with van der Waals surface area (Å²) in [6.45, 7) is 2.58. The first kappa shape index (κ1) is 21.8. The van der Waals surface area contributed by atoms with E-state index in [-0.39, 0.29) is 40.5 Å². The molecular weight excluding hydrogens is 408 g/mol. The number of fused-ring (bicyclic) bond motifs is 1. The van der Waals surface area contributed by atoms with E-state index in [0.29, 0.717) is 0 Å². The average Bonchev–Trinajstić information content (AvgIpc) is 2.66. The van der Waals surface area contributed by atoms with Gasteiger partial charge in [0.2, 0.25) is 10.0 Å². The van der Waals surface area contributed by atoms with E-state index in [4.69, 9.17) is 0 Å². The van der Waals surface area contributed by atoms with Gasteiger partial charge in [-0.05, 0) is 48.4 Å². The van der Waals surface area contributed by atoms with E-state index in [9.17, 15) is 16.8 Å². The van der Waals surface area contributed by atoms with Gasteiger partial charge in [-0.25, -0.2) is 21.6 Å². The molecule has 0 fully saturated rings. The molecule has 2 aromatic carbocycles. The van der Waals surface area contributed by atoms with Crippen molar-refractivity contribution < 1.29 is 16.8 Å². The van der Waals surface area contributed by atoms with Crippen molar-refractivity contribution in [1.29, 1.82) is 0 Å². The summed E-state index contributed by atoms with van der Waals surface area (Å²) < 4.78 is 51.4. The molecular formula is C18H23ClN2O4S2. The maximum atomic E-state index is 12.5. The van der Waals surface area contributed by atoms with E-state index in [2.05, 4.69) is 16.1 Å². The van der Waals surface area contributed by atoms with Crippen molar-refractivity contribution >= 4 is 32.3 Å². The molecule has 0 bridgehead atoms. The lowest BCUT2D eigenvalue weighted by atomic mass is 9.95. The van der Waals surface area contributed by atoms with E-state index in [1.807, 2.05) is 18.2 Å². The third kappa shape index (κ3) is 4.89. The monoisotopic (exact) mass is 430 g/mol. The number of halogens is 1. The van der Waals surface area contributed by atoms with E-state index in [1.165, 1.54) is 29.8 Å². The normalized spacial score (nSPS) is 17.0. The molecule has 9 heteroatoms. The SMILES string of the molecule is CCS(=O)(=O)c1ccc(S(=O)(=O)NCC2NCCc3ccccc32)cc1.Cl. The van der Waals surface area contributed by atoms with Crippen molar-refractivity contribution in [3.8, 4) is 0 Å². The van der Waals surface area contributed by atoms with Crippen LogP contribution < -0.4 is 10.0 Å². The number of benzene rings is 2. The molecule has 0 aliphatic carbocycles. The Labute approximate surface area is 166 Å². The lowest BCUT2D eigenvalue weighted by Crippen LogP contribution is -2.38. The maximum absolute atomic E-state index is 12.5. The molecule has 2 aromatic rings. The van der Waals surface area contributed by atoms with Crippen LogP contribution in [-0.2, 0) is 26.3 Å². The number of sulfonamides is 1. The third-order valence-electron chi connectivity index (χ3n) is 4.57. The van der Waals surface area contributed by atoms with E-state index in [0.717, 1.165) is 18.5 Å². The average molecular weight is 431 g/mol. The molecule has 0 saturated carbocycles. The number of sulfone groups is 1. The molecule has 27 heavy (non-hydrogen) atoms. The van der Waals surface area contributed by atoms with Crippen molar-refractivity contribution in [3.05, 3.63) is 59.7 Å². The zero-order valence-corrected chi connectivity index (χ0v) is 17.3. The van der Waals surface area contributed by atoms with Crippen LogP contribution in [0.3, 0.4) is 0 Å². The highest BCUT2D eigenvalue weighted by molar-refractivity contribution is 7.91. The number of nitrogens with one attached hydrogen (secondary N) is 2. The number of hydrogen-bond donors (Lipinski definition) is 2. The number of rotatable bonds is 6. The van der Waals surface area contributed by atoms with E-state index >= 15 is 0 Å². The molecule has 0 aromatic heterocycles. The molecule has 1 aliphatic rings. The minimum atomic E-state index is -3.72. The second-order valence-electron chi connectivity index (χ2n) is 6.18. The minimum Gasteiger partial charge on any atom is -0.308 e. The Morgan fingerprint density at radius 3 is 2.30 bits per heavy atom. The van der Waals surface area contributed by atoms with Gasteiger partial charge in [-0.2, -0.15) is 0 Å². The summed E-state index contributed by atoms with van der Waals surface area (Å²) in [6.07, 6.45) is 0.923. The fraction of sp³-hybridized carbons (Fsp3) is 0.333. The molecule has 0 amide bonds. The lowest BCUT2D eigenvalue weighted by Gasteiger charge is -2.27. The second-order valence-corrected chi connectivity index (χ2v) is 10.2. The van der Waals surface area contributed by atoms with Gasteiger partial charge in [0.15, 0.2) is 9.84 Å². The van der Waals surface area contributed by atoms with Crippen LogP contribution in [0, 0.1) is 0 Å². The summed E-state index contributed by atoms with van der Waals surface area (Å²) in [5, 5.41) is 3.33. The largest absolute Gasteiger partial charge is 0.308 e. The number of hydrogen-bond acceptors (Lipinski definition) is 5. The van der Waals surface area contributed by atoms with Gasteiger partial charge in [0, 0.05) is 12.6 Å². The summed E-state index contributed by atoms with van der Waals surface area (Å²) >= 11 is 0. The second kappa shape index (κ2) is 8.70. The van der Waals surface area contributed by atoms with Crippen molar-refractivity contribution in [2.45, 2.75) is 29.2 Å². The Kier molecular flexibility index (Phi) is 7.04. The highest BCUT2D eigenvalue weighted by Gasteiger charge is 2.22.